The molecule has 2 heteroatoms. The predicted molar refractivity (Wildman–Crippen MR) is 73.2 cm³/mol. The van der Waals surface area contributed by atoms with Crippen LogP contribution in [0.15, 0.2) is 0 Å². The SMILES string of the molecule is CCCCCCC(CC)CC1CCN(O)CC1. The van der Waals surface area contributed by atoms with Crippen LogP contribution in [0.5, 0.6) is 0 Å². The number of piperidine rings is 1. The molecule has 0 aliphatic carbocycles. The van der Waals surface area contributed by atoms with Gasteiger partial charge in [-0.05, 0) is 31.1 Å². The van der Waals surface area contributed by atoms with Crippen LogP contribution in [0.2, 0.25) is 0 Å². The van der Waals surface area contributed by atoms with Gasteiger partial charge >= 0.3 is 0 Å². The average Bonchev–Trinajstić information content (AvgIpc) is 2.35. The van der Waals surface area contributed by atoms with Crippen molar-refractivity contribution in [2.24, 2.45) is 11.8 Å². The van der Waals surface area contributed by atoms with E-state index in [0.29, 0.717) is 0 Å². The maximum atomic E-state index is 9.35. The van der Waals surface area contributed by atoms with Gasteiger partial charge < -0.3 is 5.21 Å². The van der Waals surface area contributed by atoms with E-state index in [2.05, 4.69) is 13.8 Å². The maximum absolute atomic E-state index is 9.35. The summed E-state index contributed by atoms with van der Waals surface area (Å²) in [6.07, 6.45) is 12.1. The van der Waals surface area contributed by atoms with Crippen LogP contribution in [0, 0.1) is 11.8 Å². The minimum absolute atomic E-state index is 0.870. The first kappa shape index (κ1) is 15.0. The molecule has 0 radical (unpaired) electrons. The Hall–Kier alpha value is -0.0800. The van der Waals surface area contributed by atoms with Gasteiger partial charge in [-0.1, -0.05) is 52.4 Å². The van der Waals surface area contributed by atoms with Gasteiger partial charge in [-0.3, -0.25) is 0 Å². The topological polar surface area (TPSA) is 23.5 Å². The van der Waals surface area contributed by atoms with E-state index in [4.69, 9.17) is 0 Å². The molecule has 1 atom stereocenters. The highest BCUT2D eigenvalue weighted by atomic mass is 16.5. The van der Waals surface area contributed by atoms with Crippen molar-refractivity contribution in [2.75, 3.05) is 13.1 Å². The summed E-state index contributed by atoms with van der Waals surface area (Å²) >= 11 is 0. The quantitative estimate of drug-likeness (QED) is 0.634. The first-order chi connectivity index (χ1) is 8.26. The van der Waals surface area contributed by atoms with Gasteiger partial charge in [0.25, 0.3) is 0 Å². The molecule has 1 saturated heterocycles. The second kappa shape index (κ2) is 8.93. The fourth-order valence-electron chi connectivity index (χ4n) is 2.97. The largest absolute Gasteiger partial charge is 0.314 e. The van der Waals surface area contributed by atoms with Gasteiger partial charge in [0.05, 0.1) is 0 Å². The molecule has 17 heavy (non-hydrogen) atoms. The fraction of sp³-hybridized carbons (Fsp3) is 1.00. The van der Waals surface area contributed by atoms with Crippen molar-refractivity contribution in [2.45, 2.75) is 71.6 Å². The zero-order valence-electron chi connectivity index (χ0n) is 11.8. The molecule has 0 aromatic carbocycles. The van der Waals surface area contributed by atoms with Crippen LogP contribution in [0.4, 0.5) is 0 Å². The molecule has 0 aromatic heterocycles. The summed E-state index contributed by atoms with van der Waals surface area (Å²) < 4.78 is 0. The molecule has 1 rings (SSSR count). The van der Waals surface area contributed by atoms with Crippen LogP contribution in [-0.2, 0) is 0 Å². The van der Waals surface area contributed by atoms with Crippen molar-refractivity contribution in [3.63, 3.8) is 0 Å². The third-order valence-corrected chi connectivity index (χ3v) is 4.30. The summed E-state index contributed by atoms with van der Waals surface area (Å²) in [6, 6.07) is 0. The third-order valence-electron chi connectivity index (χ3n) is 4.30. The van der Waals surface area contributed by atoms with Gasteiger partial charge in [-0.2, -0.15) is 5.06 Å². The zero-order valence-corrected chi connectivity index (χ0v) is 11.8. The predicted octanol–water partition coefficient (Wildman–Crippen LogP) is 4.47. The second-order valence-corrected chi connectivity index (χ2v) is 5.76. The van der Waals surface area contributed by atoms with Crippen LogP contribution < -0.4 is 0 Å². The van der Waals surface area contributed by atoms with Gasteiger partial charge in [-0.25, -0.2) is 0 Å². The highest BCUT2D eigenvalue weighted by Gasteiger charge is 2.20. The molecule has 2 nitrogen and oxygen atoms in total. The first-order valence-corrected chi connectivity index (χ1v) is 7.70. The van der Waals surface area contributed by atoms with Crippen LogP contribution in [-0.4, -0.2) is 23.4 Å². The monoisotopic (exact) mass is 241 g/mol. The second-order valence-electron chi connectivity index (χ2n) is 5.76. The minimum atomic E-state index is 0.870. The average molecular weight is 241 g/mol. The van der Waals surface area contributed by atoms with Crippen molar-refractivity contribution in [1.29, 1.82) is 0 Å². The molecule has 1 unspecified atom stereocenters. The van der Waals surface area contributed by atoms with Gasteiger partial charge in [0.2, 0.25) is 0 Å². The first-order valence-electron chi connectivity index (χ1n) is 7.70. The molecule has 0 bridgehead atoms. The van der Waals surface area contributed by atoms with E-state index in [1.165, 1.54) is 62.9 Å². The van der Waals surface area contributed by atoms with Crippen molar-refractivity contribution in [3.8, 4) is 0 Å². The fourth-order valence-corrected chi connectivity index (χ4v) is 2.97. The van der Waals surface area contributed by atoms with Crippen molar-refractivity contribution >= 4 is 0 Å². The Morgan fingerprint density at radius 1 is 1.12 bits per heavy atom. The standard InChI is InChI=1S/C15H31NO/c1-3-5-6-7-8-14(4-2)13-15-9-11-16(17)12-10-15/h14-15,17H,3-13H2,1-2H3. The minimum Gasteiger partial charge on any atom is -0.314 e. The Morgan fingerprint density at radius 3 is 2.41 bits per heavy atom. The molecule has 1 aliphatic rings. The smallest absolute Gasteiger partial charge is 0.0240 e. The molecule has 0 amide bonds. The molecule has 1 N–H and O–H groups in total. The number of hydroxylamine groups is 2. The molecule has 0 saturated carbocycles. The molecule has 1 fully saturated rings. The van der Waals surface area contributed by atoms with Gasteiger partial charge in [0.15, 0.2) is 0 Å². The molecule has 102 valence electrons. The summed E-state index contributed by atoms with van der Waals surface area (Å²) in [5.41, 5.74) is 0. The van der Waals surface area contributed by atoms with E-state index in [0.717, 1.165) is 24.9 Å². The van der Waals surface area contributed by atoms with E-state index in [1.807, 2.05) is 0 Å². The summed E-state index contributed by atoms with van der Waals surface area (Å²) in [5.74, 6) is 1.80. The Morgan fingerprint density at radius 2 is 1.82 bits per heavy atom. The summed E-state index contributed by atoms with van der Waals surface area (Å²) in [5, 5.41) is 10.8. The van der Waals surface area contributed by atoms with Gasteiger partial charge in [-0.15, -0.1) is 0 Å². The lowest BCUT2D eigenvalue weighted by Crippen LogP contribution is -2.31. The molecule has 0 spiro atoms. The lowest BCUT2D eigenvalue weighted by molar-refractivity contribution is -0.113. The molecule has 1 heterocycles. The normalized spacial score (nSPS) is 20.6. The summed E-state index contributed by atoms with van der Waals surface area (Å²) in [4.78, 5) is 0. The molecule has 0 aromatic rings. The molecular weight excluding hydrogens is 210 g/mol. The van der Waals surface area contributed by atoms with Crippen molar-refractivity contribution in [3.05, 3.63) is 0 Å². The van der Waals surface area contributed by atoms with E-state index in [-0.39, 0.29) is 0 Å². The summed E-state index contributed by atoms with van der Waals surface area (Å²) in [7, 11) is 0. The maximum Gasteiger partial charge on any atom is 0.0240 e. The molecule has 1 aliphatic heterocycles. The zero-order chi connectivity index (χ0) is 12.5. The third kappa shape index (κ3) is 6.42. The van der Waals surface area contributed by atoms with Crippen molar-refractivity contribution < 1.29 is 5.21 Å². The van der Waals surface area contributed by atoms with Crippen LogP contribution >= 0.6 is 0 Å². The van der Waals surface area contributed by atoms with E-state index >= 15 is 0 Å². The lowest BCUT2D eigenvalue weighted by atomic mass is 9.84. The number of nitrogens with zero attached hydrogens (tertiary/aromatic N) is 1. The highest BCUT2D eigenvalue weighted by molar-refractivity contribution is 4.71. The number of rotatable bonds is 8. The number of unbranched alkanes of at least 4 members (excludes halogenated alkanes) is 3. The Balaban J connectivity index is 2.13. The van der Waals surface area contributed by atoms with Gasteiger partial charge in [0.1, 0.15) is 0 Å². The number of hydrogen-bond acceptors (Lipinski definition) is 2. The van der Waals surface area contributed by atoms with Crippen molar-refractivity contribution in [1.82, 2.24) is 5.06 Å². The van der Waals surface area contributed by atoms with Crippen LogP contribution in [0.25, 0.3) is 0 Å². The Labute approximate surface area is 107 Å². The van der Waals surface area contributed by atoms with Crippen LogP contribution in [0.1, 0.15) is 71.6 Å². The highest BCUT2D eigenvalue weighted by Crippen LogP contribution is 2.28. The van der Waals surface area contributed by atoms with E-state index in [9.17, 15) is 5.21 Å². The lowest BCUT2D eigenvalue weighted by Gasteiger charge is -2.30. The van der Waals surface area contributed by atoms with E-state index in [1.54, 1.807) is 0 Å². The number of hydrogen-bond donors (Lipinski definition) is 1. The Bertz CT molecular complexity index is 176. The Kier molecular flexibility index (Phi) is 7.87. The van der Waals surface area contributed by atoms with E-state index < -0.39 is 0 Å². The summed E-state index contributed by atoms with van der Waals surface area (Å²) in [6.45, 7) is 6.39. The van der Waals surface area contributed by atoms with Crippen LogP contribution in [0.3, 0.4) is 0 Å². The van der Waals surface area contributed by atoms with Gasteiger partial charge in [0, 0.05) is 13.1 Å². The molecular formula is C15H31NO.